The summed E-state index contributed by atoms with van der Waals surface area (Å²) in [5.41, 5.74) is 7.04. The first-order chi connectivity index (χ1) is 19.3. The van der Waals surface area contributed by atoms with E-state index in [2.05, 4.69) is 10.6 Å². The quantitative estimate of drug-likeness (QED) is 0.192. The van der Waals surface area contributed by atoms with Crippen molar-refractivity contribution in [3.8, 4) is 22.6 Å². The van der Waals surface area contributed by atoms with Gasteiger partial charge in [-0.3, -0.25) is 9.59 Å². The van der Waals surface area contributed by atoms with Crippen LogP contribution in [0.25, 0.3) is 11.1 Å². The minimum Gasteiger partial charge on any atom is -0.508 e. The first-order valence-electron chi connectivity index (χ1n) is 13.6. The summed E-state index contributed by atoms with van der Waals surface area (Å²) in [6.45, 7) is 11.9. The molecule has 4 aromatic carbocycles. The lowest BCUT2D eigenvalue weighted by Crippen LogP contribution is -2.15. The van der Waals surface area contributed by atoms with E-state index in [-0.39, 0.29) is 36.2 Å². The normalized spacial score (nSPS) is 9.85. The molecule has 2 amide bonds. The Balaban J connectivity index is 0.00000134. The molecule has 0 saturated heterocycles. The zero-order valence-corrected chi connectivity index (χ0v) is 24.2. The highest BCUT2D eigenvalue weighted by atomic mass is 16.3. The number of phenolic OH excluding ortho intramolecular Hbond substituents is 2. The smallest absolute Gasteiger partial charge is 0.228 e. The van der Waals surface area contributed by atoms with Gasteiger partial charge in [0.2, 0.25) is 11.8 Å². The van der Waals surface area contributed by atoms with Crippen LogP contribution in [0.2, 0.25) is 0 Å². The van der Waals surface area contributed by atoms with Gasteiger partial charge in [0, 0.05) is 11.4 Å². The molecule has 0 heterocycles. The molecule has 0 saturated carbocycles. The number of aryl methyl sites for hydroxylation is 2. The number of carbonyl (C=O) groups excluding carboxylic acids is 2. The average molecular weight is 541 g/mol. The maximum Gasteiger partial charge on any atom is 0.228 e. The number of hydrogen-bond donors (Lipinski definition) is 4. The Morgan fingerprint density at radius 3 is 1.18 bits per heavy atom. The molecular formula is C34H40N2O4. The SMILES string of the molecule is CC.CC.Cc1cc(-c2ccc(NC(=O)Cc3ccc(O)cc3)c(C)c2)ccc1NC(=O)Cc1ccc(O)cc1. The van der Waals surface area contributed by atoms with E-state index in [1.807, 2.05) is 77.9 Å². The summed E-state index contributed by atoms with van der Waals surface area (Å²) in [6.07, 6.45) is 0.446. The van der Waals surface area contributed by atoms with E-state index in [4.69, 9.17) is 0 Å². The van der Waals surface area contributed by atoms with Crippen LogP contribution in [0.5, 0.6) is 11.5 Å². The Bertz CT molecular complexity index is 1290. The van der Waals surface area contributed by atoms with Gasteiger partial charge in [0.05, 0.1) is 12.8 Å². The van der Waals surface area contributed by atoms with E-state index >= 15 is 0 Å². The number of aromatic hydroxyl groups is 2. The van der Waals surface area contributed by atoms with Gasteiger partial charge in [-0.2, -0.15) is 0 Å². The monoisotopic (exact) mass is 540 g/mol. The molecule has 4 N–H and O–H groups in total. The van der Waals surface area contributed by atoms with Crippen LogP contribution in [0.1, 0.15) is 49.9 Å². The highest BCUT2D eigenvalue weighted by Gasteiger charge is 2.10. The molecule has 6 heteroatoms. The van der Waals surface area contributed by atoms with Crippen LogP contribution in [0.4, 0.5) is 11.4 Å². The average Bonchev–Trinajstić information content (AvgIpc) is 2.95. The van der Waals surface area contributed by atoms with Crippen LogP contribution in [0.15, 0.2) is 84.9 Å². The predicted molar refractivity (Wildman–Crippen MR) is 165 cm³/mol. The minimum atomic E-state index is -0.125. The van der Waals surface area contributed by atoms with Gasteiger partial charge in [-0.1, -0.05) is 64.1 Å². The Morgan fingerprint density at radius 2 is 0.875 bits per heavy atom. The summed E-state index contributed by atoms with van der Waals surface area (Å²) in [5, 5.41) is 24.7. The van der Waals surface area contributed by atoms with Gasteiger partial charge in [-0.15, -0.1) is 0 Å². The Kier molecular flexibility index (Phi) is 12.4. The summed E-state index contributed by atoms with van der Waals surface area (Å²) in [4.78, 5) is 24.9. The molecule has 40 heavy (non-hydrogen) atoms. The third kappa shape index (κ3) is 9.31. The van der Waals surface area contributed by atoms with Gasteiger partial charge in [-0.05, 0) is 95.8 Å². The van der Waals surface area contributed by atoms with Gasteiger partial charge in [0.25, 0.3) is 0 Å². The van der Waals surface area contributed by atoms with E-state index in [9.17, 15) is 19.8 Å². The van der Waals surface area contributed by atoms with E-state index in [0.29, 0.717) is 0 Å². The van der Waals surface area contributed by atoms with Crippen LogP contribution in [0.3, 0.4) is 0 Å². The second-order valence-corrected chi connectivity index (χ2v) is 8.84. The number of carbonyl (C=O) groups is 2. The maximum atomic E-state index is 12.5. The second kappa shape index (κ2) is 15.7. The Labute approximate surface area is 237 Å². The number of anilines is 2. The van der Waals surface area contributed by atoms with E-state index in [1.54, 1.807) is 48.5 Å². The van der Waals surface area contributed by atoms with Crippen LogP contribution in [-0.2, 0) is 22.4 Å². The first kappa shape index (κ1) is 31.6. The number of benzene rings is 4. The fourth-order valence-corrected chi connectivity index (χ4v) is 3.95. The summed E-state index contributed by atoms with van der Waals surface area (Å²) < 4.78 is 0. The molecule has 0 unspecified atom stereocenters. The fourth-order valence-electron chi connectivity index (χ4n) is 3.95. The van der Waals surface area contributed by atoms with Crippen LogP contribution in [-0.4, -0.2) is 22.0 Å². The third-order valence-electron chi connectivity index (χ3n) is 5.94. The lowest BCUT2D eigenvalue weighted by molar-refractivity contribution is -0.116. The van der Waals surface area contributed by atoms with Gasteiger partial charge < -0.3 is 20.8 Å². The number of phenols is 2. The molecule has 210 valence electrons. The third-order valence-corrected chi connectivity index (χ3v) is 5.94. The molecule has 0 bridgehead atoms. The molecule has 0 aliphatic carbocycles. The van der Waals surface area contributed by atoms with Crippen molar-refractivity contribution in [1.29, 1.82) is 0 Å². The molecular weight excluding hydrogens is 500 g/mol. The van der Waals surface area contributed by atoms with Crippen LogP contribution >= 0.6 is 0 Å². The molecule has 0 atom stereocenters. The fraction of sp³-hybridized carbons (Fsp3) is 0.235. The van der Waals surface area contributed by atoms with E-state index < -0.39 is 0 Å². The molecule has 0 aliphatic rings. The van der Waals surface area contributed by atoms with Crippen molar-refractivity contribution in [3.05, 3.63) is 107 Å². The van der Waals surface area contributed by atoms with Crippen molar-refractivity contribution in [1.82, 2.24) is 0 Å². The van der Waals surface area contributed by atoms with Gasteiger partial charge in [0.1, 0.15) is 11.5 Å². The second-order valence-electron chi connectivity index (χ2n) is 8.84. The molecule has 0 aliphatic heterocycles. The molecule has 0 radical (unpaired) electrons. The molecule has 0 spiro atoms. The van der Waals surface area contributed by atoms with Gasteiger partial charge in [0.15, 0.2) is 0 Å². The predicted octanol–water partition coefficient (Wildman–Crippen LogP) is 7.80. The van der Waals surface area contributed by atoms with Gasteiger partial charge in [-0.25, -0.2) is 0 Å². The van der Waals surface area contributed by atoms with E-state index in [0.717, 1.165) is 44.8 Å². The summed E-state index contributed by atoms with van der Waals surface area (Å²) in [7, 11) is 0. The van der Waals surface area contributed by atoms with Crippen LogP contribution < -0.4 is 10.6 Å². The summed E-state index contributed by atoms with van der Waals surface area (Å²) in [6, 6.07) is 24.9. The Hall–Kier alpha value is -4.58. The zero-order chi connectivity index (χ0) is 29.7. The molecule has 4 aromatic rings. The summed E-state index contributed by atoms with van der Waals surface area (Å²) in [5.74, 6) is 0.0928. The zero-order valence-electron chi connectivity index (χ0n) is 24.2. The van der Waals surface area contributed by atoms with E-state index in [1.165, 1.54) is 0 Å². The molecule has 0 aromatic heterocycles. The van der Waals surface area contributed by atoms with Crippen molar-refractivity contribution in [2.24, 2.45) is 0 Å². The maximum absolute atomic E-state index is 12.5. The highest BCUT2D eigenvalue weighted by molar-refractivity contribution is 5.94. The van der Waals surface area contributed by atoms with Crippen molar-refractivity contribution < 1.29 is 19.8 Å². The lowest BCUT2D eigenvalue weighted by Gasteiger charge is -2.13. The number of hydrogen-bond acceptors (Lipinski definition) is 4. The molecule has 6 nitrogen and oxygen atoms in total. The minimum absolute atomic E-state index is 0.125. The van der Waals surface area contributed by atoms with Crippen molar-refractivity contribution >= 4 is 23.2 Å². The largest absolute Gasteiger partial charge is 0.508 e. The topological polar surface area (TPSA) is 98.7 Å². The van der Waals surface area contributed by atoms with Crippen molar-refractivity contribution in [2.45, 2.75) is 54.4 Å². The number of amides is 2. The lowest BCUT2D eigenvalue weighted by atomic mass is 9.99. The molecule has 0 fully saturated rings. The highest BCUT2D eigenvalue weighted by Crippen LogP contribution is 2.28. The number of nitrogens with one attached hydrogen (secondary N) is 2. The first-order valence-corrected chi connectivity index (χ1v) is 13.6. The summed E-state index contributed by atoms with van der Waals surface area (Å²) >= 11 is 0. The molecule has 4 rings (SSSR count). The van der Waals surface area contributed by atoms with Crippen molar-refractivity contribution in [3.63, 3.8) is 0 Å². The van der Waals surface area contributed by atoms with Crippen LogP contribution in [0, 0.1) is 13.8 Å². The number of rotatable bonds is 7. The van der Waals surface area contributed by atoms with Crippen molar-refractivity contribution in [2.75, 3.05) is 10.6 Å². The standard InChI is InChI=1S/C30H28N2O4.2C2H6/c1-19-15-23(7-13-27(19)31-29(35)17-21-3-9-25(33)10-4-21)24-8-14-28(20(2)16-24)32-30(36)18-22-5-11-26(34)12-6-22;2*1-2/h3-16,33-34H,17-18H2,1-2H3,(H,31,35)(H,32,36);2*1-2H3. The van der Waals surface area contributed by atoms with Gasteiger partial charge >= 0.3 is 0 Å². The Morgan fingerprint density at radius 1 is 0.550 bits per heavy atom.